The van der Waals surface area contributed by atoms with Gasteiger partial charge in [0.1, 0.15) is 18.1 Å². The third-order valence-corrected chi connectivity index (χ3v) is 5.79. The first-order valence-electron chi connectivity index (χ1n) is 8.10. The molecule has 6 heteroatoms. The summed E-state index contributed by atoms with van der Waals surface area (Å²) in [6, 6.07) is 9.18. The minimum Gasteiger partial charge on any atom is -0.496 e. The normalized spacial score (nSPS) is 11.4. The van der Waals surface area contributed by atoms with Gasteiger partial charge in [-0.1, -0.05) is 12.1 Å². The van der Waals surface area contributed by atoms with E-state index in [2.05, 4.69) is 4.72 Å². The summed E-state index contributed by atoms with van der Waals surface area (Å²) < 4.78 is 38.6. The molecule has 0 bridgehead atoms. The fraction of sp³-hybridized carbons (Fsp3) is 0.368. The first kappa shape index (κ1) is 19.3. The molecule has 0 aliphatic rings. The maximum Gasteiger partial charge on any atom is 0.240 e. The number of sulfonamides is 1. The molecule has 2 aromatic rings. The van der Waals surface area contributed by atoms with Crippen molar-refractivity contribution in [2.75, 3.05) is 20.3 Å². The molecule has 1 N–H and O–H groups in total. The van der Waals surface area contributed by atoms with E-state index in [-0.39, 0.29) is 18.0 Å². The van der Waals surface area contributed by atoms with Crippen LogP contribution in [0.3, 0.4) is 0 Å². The summed E-state index contributed by atoms with van der Waals surface area (Å²) in [5, 5.41) is 0. The third-order valence-electron chi connectivity index (χ3n) is 4.19. The zero-order valence-electron chi connectivity index (χ0n) is 15.3. The van der Waals surface area contributed by atoms with Crippen molar-refractivity contribution in [2.24, 2.45) is 0 Å². The molecule has 0 radical (unpaired) electrons. The van der Waals surface area contributed by atoms with Crippen molar-refractivity contribution >= 4 is 10.0 Å². The highest BCUT2D eigenvalue weighted by molar-refractivity contribution is 7.89. The SMILES string of the molecule is COc1cc(C)c(S(=O)(=O)NCCOc2cccc(C)c2C)cc1C. The molecule has 0 aliphatic heterocycles. The lowest BCUT2D eigenvalue weighted by atomic mass is 10.1. The van der Waals surface area contributed by atoms with Gasteiger partial charge >= 0.3 is 0 Å². The van der Waals surface area contributed by atoms with Gasteiger partial charge in [-0.3, -0.25) is 0 Å². The van der Waals surface area contributed by atoms with Crippen LogP contribution in [0.4, 0.5) is 0 Å². The number of rotatable bonds is 7. The maximum absolute atomic E-state index is 12.5. The van der Waals surface area contributed by atoms with Crippen molar-refractivity contribution in [2.45, 2.75) is 32.6 Å². The molecule has 136 valence electrons. The molecule has 0 saturated carbocycles. The summed E-state index contributed by atoms with van der Waals surface area (Å²) in [5.41, 5.74) is 3.62. The van der Waals surface area contributed by atoms with E-state index in [1.54, 1.807) is 26.2 Å². The molecule has 0 heterocycles. The lowest BCUT2D eigenvalue weighted by Gasteiger charge is -2.14. The molecular weight excluding hydrogens is 338 g/mol. The monoisotopic (exact) mass is 363 g/mol. The number of aryl methyl sites for hydroxylation is 3. The number of ether oxygens (including phenoxy) is 2. The van der Waals surface area contributed by atoms with Crippen LogP contribution >= 0.6 is 0 Å². The molecule has 0 spiro atoms. The van der Waals surface area contributed by atoms with Crippen LogP contribution in [0.2, 0.25) is 0 Å². The lowest BCUT2D eigenvalue weighted by molar-refractivity contribution is 0.320. The Morgan fingerprint density at radius 2 is 1.68 bits per heavy atom. The van der Waals surface area contributed by atoms with Crippen LogP contribution in [0.15, 0.2) is 35.2 Å². The Morgan fingerprint density at radius 3 is 2.36 bits per heavy atom. The van der Waals surface area contributed by atoms with Gasteiger partial charge in [0.2, 0.25) is 10.0 Å². The van der Waals surface area contributed by atoms with Gasteiger partial charge < -0.3 is 9.47 Å². The van der Waals surface area contributed by atoms with Crippen LogP contribution in [0.25, 0.3) is 0 Å². The largest absolute Gasteiger partial charge is 0.496 e. The fourth-order valence-corrected chi connectivity index (χ4v) is 3.89. The minimum absolute atomic E-state index is 0.195. The van der Waals surface area contributed by atoms with Gasteiger partial charge in [0.15, 0.2) is 0 Å². The predicted octanol–water partition coefficient (Wildman–Crippen LogP) is 3.29. The molecule has 0 saturated heterocycles. The van der Waals surface area contributed by atoms with E-state index in [9.17, 15) is 8.42 Å². The van der Waals surface area contributed by atoms with Crippen molar-refractivity contribution in [1.82, 2.24) is 4.72 Å². The number of hydrogen-bond acceptors (Lipinski definition) is 4. The molecule has 2 aromatic carbocycles. The highest BCUT2D eigenvalue weighted by atomic mass is 32.2. The molecule has 25 heavy (non-hydrogen) atoms. The second-order valence-electron chi connectivity index (χ2n) is 6.03. The lowest BCUT2D eigenvalue weighted by Crippen LogP contribution is -2.29. The van der Waals surface area contributed by atoms with Crippen molar-refractivity contribution in [3.8, 4) is 11.5 Å². The Bertz CT molecular complexity index is 860. The van der Waals surface area contributed by atoms with Gasteiger partial charge in [0.25, 0.3) is 0 Å². The number of methoxy groups -OCH3 is 1. The standard InChI is InChI=1S/C19H25NO4S/c1-13-7-6-8-17(16(13)4)24-10-9-20-25(21,22)19-12-14(2)18(23-5)11-15(19)3/h6-8,11-12,20H,9-10H2,1-5H3. The predicted molar refractivity (Wildman–Crippen MR) is 99.1 cm³/mol. The molecule has 2 rings (SSSR count). The zero-order chi connectivity index (χ0) is 18.6. The molecule has 0 unspecified atom stereocenters. The number of nitrogens with one attached hydrogen (secondary N) is 1. The van der Waals surface area contributed by atoms with Gasteiger partial charge in [-0.15, -0.1) is 0 Å². The van der Waals surface area contributed by atoms with Crippen molar-refractivity contribution < 1.29 is 17.9 Å². The Balaban J connectivity index is 2.03. The van der Waals surface area contributed by atoms with Gasteiger partial charge in [0.05, 0.1) is 12.0 Å². The van der Waals surface area contributed by atoms with Crippen LogP contribution in [0, 0.1) is 27.7 Å². The van der Waals surface area contributed by atoms with E-state index in [0.29, 0.717) is 11.3 Å². The highest BCUT2D eigenvalue weighted by Gasteiger charge is 2.18. The van der Waals surface area contributed by atoms with E-state index >= 15 is 0 Å². The van der Waals surface area contributed by atoms with E-state index in [4.69, 9.17) is 9.47 Å². The summed E-state index contributed by atoms with van der Waals surface area (Å²) in [7, 11) is -2.03. The smallest absolute Gasteiger partial charge is 0.240 e. The fourth-order valence-electron chi connectivity index (χ4n) is 2.57. The summed E-state index contributed by atoms with van der Waals surface area (Å²) in [4.78, 5) is 0.262. The van der Waals surface area contributed by atoms with E-state index in [1.165, 1.54) is 0 Å². The van der Waals surface area contributed by atoms with Gasteiger partial charge in [-0.05, 0) is 68.1 Å². The van der Waals surface area contributed by atoms with Gasteiger partial charge in [0, 0.05) is 6.54 Å². The topological polar surface area (TPSA) is 64.6 Å². The Labute approximate surface area is 150 Å². The molecule has 0 aliphatic carbocycles. The van der Waals surface area contributed by atoms with Gasteiger partial charge in [-0.2, -0.15) is 0 Å². The van der Waals surface area contributed by atoms with Crippen molar-refractivity contribution in [3.63, 3.8) is 0 Å². The zero-order valence-corrected chi connectivity index (χ0v) is 16.2. The Morgan fingerprint density at radius 1 is 0.960 bits per heavy atom. The van der Waals surface area contributed by atoms with E-state index in [1.807, 2.05) is 39.0 Å². The Hall–Kier alpha value is -2.05. The number of benzene rings is 2. The first-order valence-corrected chi connectivity index (χ1v) is 9.58. The average molecular weight is 363 g/mol. The van der Waals surface area contributed by atoms with Crippen molar-refractivity contribution in [1.29, 1.82) is 0 Å². The molecule has 5 nitrogen and oxygen atoms in total. The molecule has 0 atom stereocenters. The summed E-state index contributed by atoms with van der Waals surface area (Å²) in [5.74, 6) is 1.45. The molecule has 0 aromatic heterocycles. The van der Waals surface area contributed by atoms with Crippen LogP contribution in [-0.4, -0.2) is 28.7 Å². The van der Waals surface area contributed by atoms with Crippen molar-refractivity contribution in [3.05, 3.63) is 52.6 Å². The van der Waals surface area contributed by atoms with Crippen LogP contribution in [0.1, 0.15) is 22.3 Å². The third kappa shape index (κ3) is 4.52. The second-order valence-corrected chi connectivity index (χ2v) is 7.77. The first-order chi connectivity index (χ1) is 11.8. The second kappa shape index (κ2) is 7.89. The number of hydrogen-bond donors (Lipinski definition) is 1. The summed E-state index contributed by atoms with van der Waals surface area (Å²) >= 11 is 0. The van der Waals surface area contributed by atoms with Gasteiger partial charge in [-0.25, -0.2) is 13.1 Å². The average Bonchev–Trinajstić information content (AvgIpc) is 2.56. The molecular formula is C19H25NO4S. The summed E-state index contributed by atoms with van der Waals surface area (Å²) in [6.07, 6.45) is 0. The van der Waals surface area contributed by atoms with Crippen LogP contribution in [-0.2, 0) is 10.0 Å². The quantitative estimate of drug-likeness (QED) is 0.767. The molecule has 0 amide bonds. The maximum atomic E-state index is 12.5. The highest BCUT2D eigenvalue weighted by Crippen LogP contribution is 2.25. The Kier molecular flexibility index (Phi) is 6.08. The van der Waals surface area contributed by atoms with E-state index < -0.39 is 10.0 Å². The van der Waals surface area contributed by atoms with Crippen LogP contribution < -0.4 is 14.2 Å². The summed E-state index contributed by atoms with van der Waals surface area (Å²) in [6.45, 7) is 8.03. The van der Waals surface area contributed by atoms with Crippen LogP contribution in [0.5, 0.6) is 11.5 Å². The van der Waals surface area contributed by atoms with E-state index in [0.717, 1.165) is 22.4 Å². The molecule has 0 fully saturated rings. The minimum atomic E-state index is -3.60.